The maximum atomic E-state index is 14.2. The Morgan fingerprint density at radius 1 is 0.976 bits per heavy atom. The number of carbonyl (C=O) groups excluding carboxylic acids is 3. The molecule has 0 spiro atoms. The van der Waals surface area contributed by atoms with Crippen molar-refractivity contribution < 1.29 is 19.1 Å². The van der Waals surface area contributed by atoms with E-state index in [4.69, 9.17) is 4.74 Å². The first-order valence-corrected chi connectivity index (χ1v) is 14.3. The summed E-state index contributed by atoms with van der Waals surface area (Å²) in [5.41, 5.74) is 1.41. The second-order valence-electron chi connectivity index (χ2n) is 11.6. The van der Waals surface area contributed by atoms with Crippen molar-refractivity contribution >= 4 is 40.4 Å². The van der Waals surface area contributed by atoms with Gasteiger partial charge in [0.05, 0.1) is 0 Å². The molecule has 0 aromatic heterocycles. The standard InChI is InChI=1S/C34H43N3O4/c1-8-10-20-37(32(39)29(23(3)4)36-33(40)41-34(5,6)7)30(27-17-13-14-24(9-2)21-27)31(38)35-28-19-18-25-15-11-12-16-26(25)22-28/h9,11-19,21-23,29-30H,2,8,10,20H2,1,3-7H3,(H,35,38)(H,36,40). The molecular formula is C34H43N3O4. The molecular weight excluding hydrogens is 514 g/mol. The lowest BCUT2D eigenvalue weighted by atomic mass is 9.97. The Morgan fingerprint density at radius 3 is 2.32 bits per heavy atom. The number of ether oxygens (including phenoxy) is 1. The van der Waals surface area contributed by atoms with E-state index in [1.165, 1.54) is 0 Å². The lowest BCUT2D eigenvalue weighted by Gasteiger charge is -2.35. The monoisotopic (exact) mass is 557 g/mol. The number of nitrogens with one attached hydrogen (secondary N) is 2. The summed E-state index contributed by atoms with van der Waals surface area (Å²) in [6.45, 7) is 15.3. The van der Waals surface area contributed by atoms with Gasteiger partial charge < -0.3 is 20.3 Å². The first-order chi connectivity index (χ1) is 19.4. The van der Waals surface area contributed by atoms with Gasteiger partial charge >= 0.3 is 6.09 Å². The number of benzene rings is 3. The van der Waals surface area contributed by atoms with E-state index in [2.05, 4.69) is 17.2 Å². The van der Waals surface area contributed by atoms with Crippen LogP contribution in [0.3, 0.4) is 0 Å². The molecule has 3 aromatic rings. The minimum absolute atomic E-state index is 0.247. The summed E-state index contributed by atoms with van der Waals surface area (Å²) in [5.74, 6) is -0.935. The predicted molar refractivity (Wildman–Crippen MR) is 166 cm³/mol. The summed E-state index contributed by atoms with van der Waals surface area (Å²) >= 11 is 0. The summed E-state index contributed by atoms with van der Waals surface area (Å²) in [4.78, 5) is 42.7. The van der Waals surface area contributed by atoms with Gasteiger partial charge in [0.15, 0.2) is 0 Å². The summed E-state index contributed by atoms with van der Waals surface area (Å²) < 4.78 is 5.46. The number of unbranched alkanes of at least 4 members (excludes halogenated alkanes) is 1. The number of rotatable bonds is 11. The van der Waals surface area contributed by atoms with Crippen molar-refractivity contribution in [2.45, 2.75) is 72.1 Å². The van der Waals surface area contributed by atoms with Crippen LogP contribution < -0.4 is 10.6 Å². The third kappa shape index (κ3) is 8.68. The first-order valence-electron chi connectivity index (χ1n) is 14.3. The molecule has 41 heavy (non-hydrogen) atoms. The van der Waals surface area contributed by atoms with E-state index in [9.17, 15) is 14.4 Å². The van der Waals surface area contributed by atoms with Crippen LogP contribution in [0.1, 0.15) is 71.6 Å². The Hall–Kier alpha value is -4.13. The van der Waals surface area contributed by atoms with Crippen LogP contribution in [0.25, 0.3) is 16.8 Å². The van der Waals surface area contributed by atoms with E-state index >= 15 is 0 Å². The van der Waals surface area contributed by atoms with E-state index in [1.54, 1.807) is 31.7 Å². The average Bonchev–Trinajstić information content (AvgIpc) is 2.92. The predicted octanol–water partition coefficient (Wildman–Crippen LogP) is 7.34. The van der Waals surface area contributed by atoms with E-state index in [-0.39, 0.29) is 17.7 Å². The fourth-order valence-corrected chi connectivity index (χ4v) is 4.63. The molecule has 0 aliphatic carbocycles. The highest BCUT2D eigenvalue weighted by Crippen LogP contribution is 2.28. The van der Waals surface area contributed by atoms with Gasteiger partial charge in [0.25, 0.3) is 5.91 Å². The van der Waals surface area contributed by atoms with Crippen molar-refractivity contribution in [2.75, 3.05) is 11.9 Å². The zero-order chi connectivity index (χ0) is 30.2. The van der Waals surface area contributed by atoms with Gasteiger partial charge in [-0.15, -0.1) is 0 Å². The SMILES string of the molecule is C=Cc1cccc(C(C(=O)Nc2ccc3ccccc3c2)N(CCCC)C(=O)C(NC(=O)OC(C)(C)C)C(C)C)c1. The van der Waals surface area contributed by atoms with Gasteiger partial charge in [-0.25, -0.2) is 4.79 Å². The normalized spacial score (nSPS) is 12.9. The summed E-state index contributed by atoms with van der Waals surface area (Å²) in [6, 6.07) is 19.3. The van der Waals surface area contributed by atoms with Crippen LogP contribution >= 0.6 is 0 Å². The molecule has 3 rings (SSSR count). The molecule has 218 valence electrons. The molecule has 2 atom stereocenters. The van der Waals surface area contributed by atoms with Crippen molar-refractivity contribution in [3.63, 3.8) is 0 Å². The molecule has 0 aliphatic heterocycles. The number of amides is 3. The minimum Gasteiger partial charge on any atom is -0.444 e. The zero-order valence-corrected chi connectivity index (χ0v) is 25.1. The lowest BCUT2D eigenvalue weighted by molar-refractivity contribution is -0.141. The Kier molecular flexibility index (Phi) is 10.7. The molecule has 0 aliphatic rings. The van der Waals surface area contributed by atoms with Crippen molar-refractivity contribution in [2.24, 2.45) is 5.92 Å². The summed E-state index contributed by atoms with van der Waals surface area (Å²) in [5, 5.41) is 7.88. The van der Waals surface area contributed by atoms with Gasteiger partial charge in [-0.1, -0.05) is 88.4 Å². The molecule has 3 amide bonds. The van der Waals surface area contributed by atoms with Gasteiger partial charge in [0, 0.05) is 12.2 Å². The summed E-state index contributed by atoms with van der Waals surface area (Å²) in [6.07, 6.45) is 2.54. The Balaban J connectivity index is 2.04. The molecule has 0 heterocycles. The number of hydrogen-bond donors (Lipinski definition) is 2. The van der Waals surface area contributed by atoms with Crippen LogP contribution in [-0.4, -0.2) is 41.0 Å². The van der Waals surface area contributed by atoms with Crippen LogP contribution in [0.15, 0.2) is 73.3 Å². The molecule has 3 aromatic carbocycles. The first kappa shape index (κ1) is 31.4. The van der Waals surface area contributed by atoms with E-state index in [1.807, 2.05) is 87.5 Å². The van der Waals surface area contributed by atoms with Gasteiger partial charge in [0.1, 0.15) is 17.7 Å². The second kappa shape index (κ2) is 14.0. The van der Waals surface area contributed by atoms with Crippen molar-refractivity contribution in [1.29, 1.82) is 0 Å². The number of fused-ring (bicyclic) bond motifs is 1. The molecule has 0 bridgehead atoms. The molecule has 7 nitrogen and oxygen atoms in total. The molecule has 0 radical (unpaired) electrons. The summed E-state index contributed by atoms with van der Waals surface area (Å²) in [7, 11) is 0. The van der Waals surface area contributed by atoms with E-state index < -0.39 is 23.8 Å². The topological polar surface area (TPSA) is 87.7 Å². The van der Waals surface area contributed by atoms with Crippen LogP contribution in [-0.2, 0) is 14.3 Å². The zero-order valence-electron chi connectivity index (χ0n) is 25.1. The Labute approximate surface area is 244 Å². The molecule has 0 saturated carbocycles. The maximum absolute atomic E-state index is 14.2. The lowest BCUT2D eigenvalue weighted by Crippen LogP contribution is -2.54. The molecule has 0 fully saturated rings. The molecule has 2 unspecified atom stereocenters. The minimum atomic E-state index is -0.942. The number of alkyl carbamates (subject to hydrolysis) is 1. The fourth-order valence-electron chi connectivity index (χ4n) is 4.63. The third-order valence-corrected chi connectivity index (χ3v) is 6.68. The second-order valence-corrected chi connectivity index (χ2v) is 11.6. The fraction of sp³-hybridized carbons (Fsp3) is 0.382. The molecule has 0 saturated heterocycles. The van der Waals surface area contributed by atoms with Crippen LogP contribution in [0, 0.1) is 5.92 Å². The highest BCUT2D eigenvalue weighted by molar-refractivity contribution is 6.00. The molecule has 2 N–H and O–H groups in total. The number of carbonyl (C=O) groups is 3. The number of hydrogen-bond acceptors (Lipinski definition) is 4. The van der Waals surface area contributed by atoms with E-state index in [0.29, 0.717) is 24.2 Å². The number of nitrogens with zero attached hydrogens (tertiary/aromatic N) is 1. The van der Waals surface area contributed by atoms with Crippen molar-refractivity contribution in [3.05, 3.63) is 84.4 Å². The smallest absolute Gasteiger partial charge is 0.408 e. The van der Waals surface area contributed by atoms with Gasteiger partial charge in [-0.3, -0.25) is 9.59 Å². The van der Waals surface area contributed by atoms with Gasteiger partial charge in [-0.05, 0) is 73.2 Å². The quantitative estimate of drug-likeness (QED) is 0.258. The molecule has 7 heteroatoms. The third-order valence-electron chi connectivity index (χ3n) is 6.68. The average molecular weight is 558 g/mol. The van der Waals surface area contributed by atoms with E-state index in [0.717, 1.165) is 22.8 Å². The van der Waals surface area contributed by atoms with Crippen LogP contribution in [0.2, 0.25) is 0 Å². The maximum Gasteiger partial charge on any atom is 0.408 e. The van der Waals surface area contributed by atoms with Gasteiger partial charge in [-0.2, -0.15) is 0 Å². The largest absolute Gasteiger partial charge is 0.444 e. The van der Waals surface area contributed by atoms with Crippen LogP contribution in [0.5, 0.6) is 0 Å². The Bertz CT molecular complexity index is 1380. The number of anilines is 1. The Morgan fingerprint density at radius 2 is 1.68 bits per heavy atom. The van der Waals surface area contributed by atoms with Crippen molar-refractivity contribution in [1.82, 2.24) is 10.2 Å². The van der Waals surface area contributed by atoms with Gasteiger partial charge in [0.2, 0.25) is 5.91 Å². The highest BCUT2D eigenvalue weighted by atomic mass is 16.6. The van der Waals surface area contributed by atoms with Crippen LogP contribution in [0.4, 0.5) is 10.5 Å². The highest BCUT2D eigenvalue weighted by Gasteiger charge is 2.37. The van der Waals surface area contributed by atoms with Crippen molar-refractivity contribution in [3.8, 4) is 0 Å².